The number of ether oxygens (including phenoxy) is 1. The highest BCUT2D eigenvalue weighted by Crippen LogP contribution is 2.47. The molecule has 1 saturated carbocycles. The van der Waals surface area contributed by atoms with Gasteiger partial charge < -0.3 is 10.1 Å². The van der Waals surface area contributed by atoms with Crippen LogP contribution < -0.4 is 5.32 Å². The van der Waals surface area contributed by atoms with E-state index in [0.29, 0.717) is 23.9 Å². The minimum Gasteiger partial charge on any atom is -0.381 e. The van der Waals surface area contributed by atoms with E-state index in [-0.39, 0.29) is 17.4 Å². The number of nitrogens with one attached hydrogen (secondary N) is 2. The number of rotatable bonds is 5. The quantitative estimate of drug-likeness (QED) is 0.875. The molecule has 3 rings (SSSR count). The highest BCUT2D eigenvalue weighted by molar-refractivity contribution is 5.95. The topological polar surface area (TPSA) is 92.8 Å². The number of aryl methyl sites for hydroxylation is 1. The lowest BCUT2D eigenvalue weighted by atomic mass is 9.60. The van der Waals surface area contributed by atoms with Crippen LogP contribution in [0.5, 0.6) is 0 Å². The van der Waals surface area contributed by atoms with Gasteiger partial charge in [-0.25, -0.2) is 0 Å². The Labute approximate surface area is 141 Å². The van der Waals surface area contributed by atoms with Crippen LogP contribution in [0.1, 0.15) is 36.2 Å². The molecule has 0 radical (unpaired) electrons. The third-order valence-electron chi connectivity index (χ3n) is 5.26. The van der Waals surface area contributed by atoms with Crippen molar-refractivity contribution in [3.05, 3.63) is 29.3 Å². The average Bonchev–Trinajstić information content (AvgIpc) is 3.08. The van der Waals surface area contributed by atoms with Crippen LogP contribution in [0.4, 0.5) is 0 Å². The van der Waals surface area contributed by atoms with Crippen molar-refractivity contribution in [3.63, 3.8) is 0 Å². The van der Waals surface area contributed by atoms with Gasteiger partial charge in [0.15, 0.2) is 0 Å². The average molecular weight is 329 g/mol. The molecule has 0 saturated heterocycles. The van der Waals surface area contributed by atoms with Gasteiger partial charge in [-0.1, -0.05) is 19.9 Å². The Kier molecular flexibility index (Phi) is 4.36. The molecule has 0 bridgehead atoms. The smallest absolute Gasteiger partial charge is 0.251 e. The third-order valence-corrected chi connectivity index (χ3v) is 5.26. The summed E-state index contributed by atoms with van der Waals surface area (Å²) < 4.78 is 5.46. The lowest BCUT2D eigenvalue weighted by Gasteiger charge is -2.51. The number of hydrogen-bond donors (Lipinski definition) is 2. The van der Waals surface area contributed by atoms with Crippen LogP contribution in [0, 0.1) is 18.3 Å². The number of aromatic amines is 1. The van der Waals surface area contributed by atoms with Crippen LogP contribution in [0.3, 0.4) is 0 Å². The predicted octanol–water partition coefficient (Wildman–Crippen LogP) is 1.97. The van der Waals surface area contributed by atoms with E-state index in [0.717, 1.165) is 17.5 Å². The molecule has 2 aromatic rings. The van der Waals surface area contributed by atoms with E-state index in [9.17, 15) is 4.79 Å². The van der Waals surface area contributed by atoms with Crippen molar-refractivity contribution in [2.45, 2.75) is 33.3 Å². The first-order valence-electron chi connectivity index (χ1n) is 8.09. The minimum atomic E-state index is -0.0867. The van der Waals surface area contributed by atoms with E-state index < -0.39 is 0 Å². The Bertz CT molecular complexity index is 727. The number of hydrogen-bond acceptors (Lipinski definition) is 5. The van der Waals surface area contributed by atoms with Crippen LogP contribution >= 0.6 is 0 Å². The first kappa shape index (κ1) is 16.6. The maximum atomic E-state index is 12.5. The maximum Gasteiger partial charge on any atom is 0.251 e. The number of carbonyl (C=O) groups excluding carboxylic acids is 1. The van der Waals surface area contributed by atoms with Crippen molar-refractivity contribution in [1.82, 2.24) is 25.9 Å². The van der Waals surface area contributed by atoms with Crippen molar-refractivity contribution < 1.29 is 9.53 Å². The third kappa shape index (κ3) is 2.91. The number of benzene rings is 1. The molecule has 1 aliphatic rings. The molecule has 1 amide bonds. The second-order valence-electron chi connectivity index (χ2n) is 6.95. The van der Waals surface area contributed by atoms with Crippen LogP contribution in [0.15, 0.2) is 18.2 Å². The highest BCUT2D eigenvalue weighted by atomic mass is 16.5. The molecule has 0 aliphatic heterocycles. The molecule has 2 N–H and O–H groups in total. The number of methoxy groups -OCH3 is 1. The van der Waals surface area contributed by atoms with Gasteiger partial charge in [0, 0.05) is 24.8 Å². The molecule has 2 unspecified atom stereocenters. The van der Waals surface area contributed by atoms with E-state index in [1.54, 1.807) is 13.2 Å². The monoisotopic (exact) mass is 329 g/mol. The number of nitrogens with zero attached hydrogens (tertiary/aromatic N) is 3. The molecule has 0 spiro atoms. The van der Waals surface area contributed by atoms with Gasteiger partial charge in [0.2, 0.25) is 5.82 Å². The lowest BCUT2D eigenvalue weighted by molar-refractivity contribution is -0.118. The number of H-pyrrole nitrogens is 1. The summed E-state index contributed by atoms with van der Waals surface area (Å²) in [7, 11) is 1.74. The summed E-state index contributed by atoms with van der Waals surface area (Å²) >= 11 is 0. The van der Waals surface area contributed by atoms with E-state index in [1.807, 2.05) is 19.1 Å². The van der Waals surface area contributed by atoms with Crippen molar-refractivity contribution in [2.24, 2.45) is 11.3 Å². The summed E-state index contributed by atoms with van der Waals surface area (Å²) in [4.78, 5) is 12.5. The van der Waals surface area contributed by atoms with Crippen LogP contribution in [0.25, 0.3) is 11.4 Å². The Hall–Kier alpha value is -2.28. The molecule has 1 aromatic carbocycles. The van der Waals surface area contributed by atoms with Crippen molar-refractivity contribution in [3.8, 4) is 11.4 Å². The molecule has 1 fully saturated rings. The number of aromatic nitrogens is 4. The Morgan fingerprint density at radius 2 is 2.25 bits per heavy atom. The molecule has 1 aliphatic carbocycles. The summed E-state index contributed by atoms with van der Waals surface area (Å²) in [5, 5.41) is 17.0. The fourth-order valence-electron chi connectivity index (χ4n) is 3.31. The zero-order valence-corrected chi connectivity index (χ0v) is 14.5. The van der Waals surface area contributed by atoms with Crippen LogP contribution in [-0.2, 0) is 4.74 Å². The fourth-order valence-corrected chi connectivity index (χ4v) is 3.31. The van der Waals surface area contributed by atoms with Crippen molar-refractivity contribution >= 4 is 5.91 Å². The lowest BCUT2D eigenvalue weighted by Crippen LogP contribution is -2.54. The Balaban J connectivity index is 1.67. The van der Waals surface area contributed by atoms with Gasteiger partial charge in [-0.15, -0.1) is 10.2 Å². The number of tetrazole rings is 1. The summed E-state index contributed by atoms with van der Waals surface area (Å²) in [5.74, 6) is 0.829. The summed E-state index contributed by atoms with van der Waals surface area (Å²) in [5.41, 5.74) is 2.49. The van der Waals surface area contributed by atoms with Gasteiger partial charge in [0.1, 0.15) is 0 Å². The van der Waals surface area contributed by atoms with Gasteiger partial charge in [-0.3, -0.25) is 4.79 Å². The second-order valence-corrected chi connectivity index (χ2v) is 6.95. The Morgan fingerprint density at radius 1 is 1.46 bits per heavy atom. The van der Waals surface area contributed by atoms with E-state index in [2.05, 4.69) is 39.8 Å². The van der Waals surface area contributed by atoms with E-state index in [1.165, 1.54) is 0 Å². The fraction of sp³-hybridized carbons (Fsp3) is 0.529. The van der Waals surface area contributed by atoms with Gasteiger partial charge in [0.05, 0.1) is 6.10 Å². The maximum absolute atomic E-state index is 12.5. The molecule has 1 aromatic heterocycles. The molecule has 2 atom stereocenters. The van der Waals surface area contributed by atoms with Gasteiger partial charge >= 0.3 is 0 Å². The zero-order chi connectivity index (χ0) is 17.3. The molecular weight excluding hydrogens is 306 g/mol. The Morgan fingerprint density at radius 3 is 2.88 bits per heavy atom. The van der Waals surface area contributed by atoms with Crippen LogP contribution in [-0.4, -0.2) is 46.3 Å². The summed E-state index contributed by atoms with van der Waals surface area (Å²) in [6.07, 6.45) is 1.25. The highest BCUT2D eigenvalue weighted by Gasteiger charge is 2.48. The van der Waals surface area contributed by atoms with Crippen molar-refractivity contribution in [1.29, 1.82) is 0 Å². The molecule has 7 nitrogen and oxygen atoms in total. The standard InChI is InChI=1S/C17H23N5O2/c1-10-5-6-11(7-13(10)15-19-21-22-20-15)16(23)18-9-12-8-14(24-4)17(12,2)3/h5-7,12,14H,8-9H2,1-4H3,(H,18,23)(H,19,20,21,22). The first-order valence-corrected chi connectivity index (χ1v) is 8.09. The first-order chi connectivity index (χ1) is 11.4. The van der Waals surface area contributed by atoms with Gasteiger partial charge in [-0.2, -0.15) is 5.21 Å². The normalized spacial score (nSPS) is 22.0. The number of amides is 1. The summed E-state index contributed by atoms with van der Waals surface area (Å²) in [6.45, 7) is 6.97. The molecule has 24 heavy (non-hydrogen) atoms. The van der Waals surface area contributed by atoms with Gasteiger partial charge in [0.25, 0.3) is 5.91 Å². The van der Waals surface area contributed by atoms with E-state index in [4.69, 9.17) is 4.74 Å². The zero-order valence-electron chi connectivity index (χ0n) is 14.5. The van der Waals surface area contributed by atoms with E-state index >= 15 is 0 Å². The predicted molar refractivity (Wildman–Crippen MR) is 89.4 cm³/mol. The molecule has 128 valence electrons. The summed E-state index contributed by atoms with van der Waals surface area (Å²) in [6, 6.07) is 5.52. The van der Waals surface area contributed by atoms with Gasteiger partial charge in [-0.05, 0) is 47.6 Å². The van der Waals surface area contributed by atoms with Crippen LogP contribution in [0.2, 0.25) is 0 Å². The van der Waals surface area contributed by atoms with Crippen molar-refractivity contribution in [2.75, 3.05) is 13.7 Å². The molecule has 1 heterocycles. The number of carbonyl (C=O) groups is 1. The molecule has 7 heteroatoms. The largest absolute Gasteiger partial charge is 0.381 e. The molecular formula is C17H23N5O2. The minimum absolute atomic E-state index is 0.0867. The SMILES string of the molecule is COC1CC(CNC(=O)c2ccc(C)c(-c3nn[nH]n3)c2)C1(C)C. The second kappa shape index (κ2) is 6.32.